The number of benzene rings is 1. The Morgan fingerprint density at radius 1 is 1.11 bits per heavy atom. The summed E-state index contributed by atoms with van der Waals surface area (Å²) in [6, 6.07) is 14.6. The van der Waals surface area contributed by atoms with Crippen LogP contribution in [0.25, 0.3) is 0 Å². The van der Waals surface area contributed by atoms with E-state index in [0.29, 0.717) is 6.54 Å². The van der Waals surface area contributed by atoms with Crippen LogP contribution in [-0.4, -0.2) is 19.9 Å². The molecule has 5 heteroatoms. The molecule has 19 heavy (non-hydrogen) atoms. The molecule has 0 bridgehead atoms. The number of sulfonamides is 1. The molecular weight excluding hydrogens is 260 g/mol. The second kappa shape index (κ2) is 5.95. The molecule has 1 unspecified atom stereocenters. The molecule has 0 saturated carbocycles. The molecule has 4 nitrogen and oxygen atoms in total. The lowest BCUT2D eigenvalue weighted by molar-refractivity contribution is 0.571. The van der Waals surface area contributed by atoms with E-state index in [-0.39, 0.29) is 10.9 Å². The second-order valence-corrected chi connectivity index (χ2v) is 6.05. The first-order chi connectivity index (χ1) is 9.09. The standard InChI is InChI=1S/C14H16N2O2S/c1-12(13-7-3-2-4-8-13)11-16-19(17,18)14-9-5-6-10-15-14/h2-10,12,16H,11H2,1H3. The van der Waals surface area contributed by atoms with Gasteiger partial charge in [0.25, 0.3) is 10.0 Å². The van der Waals surface area contributed by atoms with Crippen LogP contribution in [0.5, 0.6) is 0 Å². The van der Waals surface area contributed by atoms with Gasteiger partial charge < -0.3 is 0 Å². The van der Waals surface area contributed by atoms with E-state index in [0.717, 1.165) is 5.56 Å². The topological polar surface area (TPSA) is 59.1 Å². The number of hydrogen-bond donors (Lipinski definition) is 1. The Labute approximate surface area is 113 Å². The highest BCUT2D eigenvalue weighted by atomic mass is 32.2. The van der Waals surface area contributed by atoms with Crippen LogP contribution in [0.1, 0.15) is 18.4 Å². The summed E-state index contributed by atoms with van der Waals surface area (Å²) in [6.45, 7) is 2.33. The first-order valence-electron chi connectivity index (χ1n) is 6.05. The van der Waals surface area contributed by atoms with Gasteiger partial charge in [-0.15, -0.1) is 0 Å². The average molecular weight is 276 g/mol. The number of nitrogens with one attached hydrogen (secondary N) is 1. The van der Waals surface area contributed by atoms with Gasteiger partial charge in [0.1, 0.15) is 0 Å². The highest BCUT2D eigenvalue weighted by molar-refractivity contribution is 7.89. The van der Waals surface area contributed by atoms with Crippen LogP contribution >= 0.6 is 0 Å². The van der Waals surface area contributed by atoms with E-state index in [1.54, 1.807) is 12.1 Å². The molecule has 1 atom stereocenters. The summed E-state index contributed by atoms with van der Waals surface area (Å²) in [4.78, 5) is 3.85. The summed E-state index contributed by atoms with van der Waals surface area (Å²) < 4.78 is 26.6. The largest absolute Gasteiger partial charge is 0.258 e. The zero-order valence-electron chi connectivity index (χ0n) is 10.7. The lowest BCUT2D eigenvalue weighted by atomic mass is 10.0. The predicted octanol–water partition coefficient (Wildman–Crippen LogP) is 2.16. The molecule has 1 N–H and O–H groups in total. The fraction of sp³-hybridized carbons (Fsp3) is 0.214. The van der Waals surface area contributed by atoms with Crippen molar-refractivity contribution in [3.8, 4) is 0 Å². The van der Waals surface area contributed by atoms with Gasteiger partial charge in [0.15, 0.2) is 5.03 Å². The van der Waals surface area contributed by atoms with Crippen LogP contribution < -0.4 is 4.72 Å². The van der Waals surface area contributed by atoms with Crippen molar-refractivity contribution in [1.82, 2.24) is 9.71 Å². The van der Waals surface area contributed by atoms with Crippen molar-refractivity contribution in [2.75, 3.05) is 6.54 Å². The van der Waals surface area contributed by atoms with Crippen molar-refractivity contribution >= 4 is 10.0 Å². The number of rotatable bonds is 5. The molecule has 0 amide bonds. The average Bonchev–Trinajstić information content (AvgIpc) is 2.47. The Morgan fingerprint density at radius 2 is 1.79 bits per heavy atom. The molecule has 0 aliphatic heterocycles. The monoisotopic (exact) mass is 276 g/mol. The number of nitrogens with zero attached hydrogens (tertiary/aromatic N) is 1. The van der Waals surface area contributed by atoms with Crippen molar-refractivity contribution in [2.45, 2.75) is 17.9 Å². The molecule has 0 radical (unpaired) electrons. The van der Waals surface area contributed by atoms with Gasteiger partial charge >= 0.3 is 0 Å². The van der Waals surface area contributed by atoms with Crippen molar-refractivity contribution in [2.24, 2.45) is 0 Å². The van der Waals surface area contributed by atoms with Gasteiger partial charge in [-0.1, -0.05) is 43.3 Å². The maximum absolute atomic E-state index is 12.0. The van der Waals surface area contributed by atoms with Gasteiger partial charge in [0, 0.05) is 12.7 Å². The van der Waals surface area contributed by atoms with Crippen LogP contribution in [0.3, 0.4) is 0 Å². The van der Waals surface area contributed by atoms with Gasteiger partial charge in [0.05, 0.1) is 0 Å². The molecule has 1 aromatic heterocycles. The third kappa shape index (κ3) is 3.62. The molecule has 0 aliphatic carbocycles. The maximum atomic E-state index is 12.0. The molecule has 0 saturated heterocycles. The summed E-state index contributed by atoms with van der Waals surface area (Å²) in [6.07, 6.45) is 1.47. The minimum absolute atomic E-state index is 0.0512. The lowest BCUT2D eigenvalue weighted by Crippen LogP contribution is -2.28. The van der Waals surface area contributed by atoms with Gasteiger partial charge in [-0.3, -0.25) is 0 Å². The van der Waals surface area contributed by atoms with Gasteiger partial charge in [-0.05, 0) is 23.6 Å². The molecule has 100 valence electrons. The molecule has 1 heterocycles. The van der Waals surface area contributed by atoms with E-state index in [2.05, 4.69) is 9.71 Å². The Hall–Kier alpha value is -1.72. The van der Waals surface area contributed by atoms with Crippen molar-refractivity contribution < 1.29 is 8.42 Å². The lowest BCUT2D eigenvalue weighted by Gasteiger charge is -2.12. The van der Waals surface area contributed by atoms with E-state index in [4.69, 9.17) is 0 Å². The van der Waals surface area contributed by atoms with Crippen LogP contribution in [0.2, 0.25) is 0 Å². The Bertz CT molecular complexity index is 612. The van der Waals surface area contributed by atoms with E-state index >= 15 is 0 Å². The first kappa shape index (κ1) is 13.7. The molecular formula is C14H16N2O2S. The highest BCUT2D eigenvalue weighted by Gasteiger charge is 2.16. The SMILES string of the molecule is CC(CNS(=O)(=O)c1ccccn1)c1ccccc1. The second-order valence-electron chi connectivity index (χ2n) is 4.33. The van der Waals surface area contributed by atoms with Gasteiger partial charge in [-0.2, -0.15) is 0 Å². The Kier molecular flexibility index (Phi) is 4.29. The summed E-state index contributed by atoms with van der Waals surface area (Å²) in [5.41, 5.74) is 1.10. The van der Waals surface area contributed by atoms with Gasteiger partial charge in [0.2, 0.25) is 0 Å². The minimum atomic E-state index is -3.52. The van der Waals surface area contributed by atoms with Crippen LogP contribution in [0.4, 0.5) is 0 Å². The first-order valence-corrected chi connectivity index (χ1v) is 7.53. The zero-order valence-corrected chi connectivity index (χ0v) is 11.5. The van der Waals surface area contributed by atoms with E-state index in [1.807, 2.05) is 37.3 Å². The molecule has 0 aliphatic rings. The summed E-state index contributed by atoms with van der Waals surface area (Å²) in [7, 11) is -3.52. The summed E-state index contributed by atoms with van der Waals surface area (Å²) in [5, 5.41) is 0.0512. The molecule has 1 aromatic carbocycles. The third-order valence-electron chi connectivity index (χ3n) is 2.86. The number of aromatic nitrogens is 1. The number of pyridine rings is 1. The highest BCUT2D eigenvalue weighted by Crippen LogP contribution is 2.14. The minimum Gasteiger partial charge on any atom is -0.243 e. The quantitative estimate of drug-likeness (QED) is 0.910. The zero-order chi connectivity index (χ0) is 13.7. The van der Waals surface area contributed by atoms with Crippen LogP contribution in [0.15, 0.2) is 59.8 Å². The molecule has 0 fully saturated rings. The smallest absolute Gasteiger partial charge is 0.243 e. The summed E-state index contributed by atoms with van der Waals surface area (Å²) >= 11 is 0. The maximum Gasteiger partial charge on any atom is 0.258 e. The van der Waals surface area contributed by atoms with Crippen molar-refractivity contribution in [3.63, 3.8) is 0 Å². The predicted molar refractivity (Wildman–Crippen MR) is 74.3 cm³/mol. The molecule has 2 aromatic rings. The number of hydrogen-bond acceptors (Lipinski definition) is 3. The van der Waals surface area contributed by atoms with Crippen molar-refractivity contribution in [3.05, 3.63) is 60.3 Å². The van der Waals surface area contributed by atoms with Crippen LogP contribution in [0, 0.1) is 0 Å². The Morgan fingerprint density at radius 3 is 2.42 bits per heavy atom. The fourth-order valence-electron chi connectivity index (χ4n) is 1.71. The van der Waals surface area contributed by atoms with Crippen molar-refractivity contribution in [1.29, 1.82) is 0 Å². The normalized spacial score (nSPS) is 13.1. The van der Waals surface area contributed by atoms with Gasteiger partial charge in [-0.25, -0.2) is 18.1 Å². The Balaban J connectivity index is 2.03. The summed E-state index contributed by atoms with van der Waals surface area (Å²) in [5.74, 6) is 0.111. The van der Waals surface area contributed by atoms with E-state index < -0.39 is 10.0 Å². The van der Waals surface area contributed by atoms with E-state index in [9.17, 15) is 8.42 Å². The van der Waals surface area contributed by atoms with Crippen LogP contribution in [-0.2, 0) is 10.0 Å². The molecule has 2 rings (SSSR count). The fourth-order valence-corrected chi connectivity index (χ4v) is 2.79. The third-order valence-corrected chi connectivity index (χ3v) is 4.20. The molecule has 0 spiro atoms. The van der Waals surface area contributed by atoms with E-state index in [1.165, 1.54) is 12.3 Å².